The molecule has 0 spiro atoms. The molecule has 0 bridgehead atoms. The Bertz CT molecular complexity index is 1140. The van der Waals surface area contributed by atoms with Crippen molar-refractivity contribution in [3.8, 4) is 5.75 Å². The van der Waals surface area contributed by atoms with Crippen molar-refractivity contribution in [3.63, 3.8) is 0 Å². The van der Waals surface area contributed by atoms with Crippen molar-refractivity contribution in [3.05, 3.63) is 65.7 Å². The van der Waals surface area contributed by atoms with E-state index < -0.39 is 21.7 Å². The third kappa shape index (κ3) is 9.02. The van der Waals surface area contributed by atoms with Crippen LogP contribution in [0, 0.1) is 5.41 Å². The van der Waals surface area contributed by atoms with E-state index in [1.807, 2.05) is 6.07 Å². The zero-order chi connectivity index (χ0) is 24.6. The molecule has 0 saturated carbocycles. The normalized spacial score (nSPS) is 15.0. The standard InChI is InChI=1S/C24H30N4O5S.2ClH/c1-2-32-23(29)17-34(30,31)28(14-4-6-18-5-3-7-19(15-18)24(25)26)20-8-10-21(11-9-20)33-22-12-13-27-16-22;;/h3-11,15,22,27H,2,12-14,16-17H2,1H3,(H3,25,26);2*1H/b6-4+;;. The number of amidine groups is 1. The molecule has 1 atom stereocenters. The van der Waals surface area contributed by atoms with Crippen LogP contribution < -0.4 is 20.1 Å². The van der Waals surface area contributed by atoms with E-state index in [1.54, 1.807) is 61.5 Å². The lowest BCUT2D eigenvalue weighted by Gasteiger charge is -2.23. The Hall–Kier alpha value is -2.79. The van der Waals surface area contributed by atoms with Gasteiger partial charge in [0.25, 0.3) is 0 Å². The second kappa shape index (κ2) is 14.7. The van der Waals surface area contributed by atoms with E-state index in [0.29, 0.717) is 17.0 Å². The average molecular weight is 560 g/mol. The van der Waals surface area contributed by atoms with Crippen LogP contribution in [0.2, 0.25) is 0 Å². The third-order valence-electron chi connectivity index (χ3n) is 5.16. The summed E-state index contributed by atoms with van der Waals surface area (Å²) in [6, 6.07) is 13.8. The Morgan fingerprint density at radius 2 is 1.94 bits per heavy atom. The fraction of sp³-hybridized carbons (Fsp3) is 0.333. The minimum Gasteiger partial charge on any atom is -0.489 e. The van der Waals surface area contributed by atoms with E-state index in [9.17, 15) is 13.2 Å². The fourth-order valence-electron chi connectivity index (χ4n) is 3.52. The highest BCUT2D eigenvalue weighted by Gasteiger charge is 2.26. The van der Waals surface area contributed by atoms with Crippen molar-refractivity contribution in [2.75, 3.05) is 36.3 Å². The smallest absolute Gasteiger partial charge is 0.323 e. The summed E-state index contributed by atoms with van der Waals surface area (Å²) in [6.07, 6.45) is 4.42. The van der Waals surface area contributed by atoms with Crippen molar-refractivity contribution in [2.24, 2.45) is 5.73 Å². The van der Waals surface area contributed by atoms with Crippen LogP contribution in [0.1, 0.15) is 24.5 Å². The number of carbonyl (C=O) groups is 1. The third-order valence-corrected chi connectivity index (χ3v) is 6.80. The molecule has 9 nitrogen and oxygen atoms in total. The highest BCUT2D eigenvalue weighted by atomic mass is 35.5. The first kappa shape index (κ1) is 31.2. The summed E-state index contributed by atoms with van der Waals surface area (Å²) in [5.41, 5.74) is 7.29. The maximum atomic E-state index is 13.1. The molecule has 2 aromatic rings. The Morgan fingerprint density at radius 3 is 2.56 bits per heavy atom. The molecule has 12 heteroatoms. The summed E-state index contributed by atoms with van der Waals surface area (Å²) in [5, 5.41) is 10.8. The molecule has 1 fully saturated rings. The number of nitrogens with zero attached hydrogens (tertiary/aromatic N) is 1. The number of esters is 1. The molecule has 1 heterocycles. The fourth-order valence-corrected chi connectivity index (χ4v) is 4.81. The number of rotatable bonds is 11. The summed E-state index contributed by atoms with van der Waals surface area (Å²) in [5.74, 6) is -0.971. The molecule has 1 saturated heterocycles. The minimum atomic E-state index is -4.01. The number of halogens is 2. The molecule has 0 aliphatic carbocycles. The molecule has 3 rings (SSSR count). The Balaban J connectivity index is 0.00000324. The van der Waals surface area contributed by atoms with Crippen LogP contribution in [-0.4, -0.2) is 58.3 Å². The van der Waals surface area contributed by atoms with Crippen LogP contribution in [0.15, 0.2) is 54.6 Å². The predicted octanol–water partition coefficient (Wildman–Crippen LogP) is 2.97. The number of ether oxygens (including phenoxy) is 2. The van der Waals surface area contributed by atoms with Crippen LogP contribution in [0.25, 0.3) is 6.08 Å². The van der Waals surface area contributed by atoms with Gasteiger partial charge in [-0.15, -0.1) is 24.8 Å². The maximum absolute atomic E-state index is 13.1. The molecular weight excluding hydrogens is 527 g/mol. The highest BCUT2D eigenvalue weighted by molar-refractivity contribution is 7.93. The molecule has 1 aliphatic rings. The van der Waals surface area contributed by atoms with Gasteiger partial charge in [0, 0.05) is 12.1 Å². The van der Waals surface area contributed by atoms with Crippen LogP contribution in [0.3, 0.4) is 0 Å². The molecule has 36 heavy (non-hydrogen) atoms. The lowest BCUT2D eigenvalue weighted by Crippen LogP contribution is -2.36. The number of nitrogen functional groups attached to an aromatic ring is 1. The molecule has 2 aromatic carbocycles. The van der Waals surface area contributed by atoms with Gasteiger partial charge in [0.15, 0.2) is 5.75 Å². The number of carbonyl (C=O) groups excluding carboxylic acids is 1. The van der Waals surface area contributed by atoms with Gasteiger partial charge in [-0.2, -0.15) is 0 Å². The second-order valence-electron chi connectivity index (χ2n) is 7.76. The van der Waals surface area contributed by atoms with E-state index in [2.05, 4.69) is 5.32 Å². The summed E-state index contributed by atoms with van der Waals surface area (Å²) in [4.78, 5) is 11.9. The Labute approximate surface area is 224 Å². The number of anilines is 1. The van der Waals surface area contributed by atoms with Gasteiger partial charge in [-0.3, -0.25) is 14.5 Å². The average Bonchev–Trinajstić information content (AvgIpc) is 3.30. The Kier molecular flexibility index (Phi) is 12.8. The van der Waals surface area contributed by atoms with Gasteiger partial charge >= 0.3 is 5.97 Å². The summed E-state index contributed by atoms with van der Waals surface area (Å²) in [7, 11) is -4.01. The van der Waals surface area contributed by atoms with E-state index in [-0.39, 0.29) is 49.9 Å². The van der Waals surface area contributed by atoms with Gasteiger partial charge in [-0.1, -0.05) is 30.4 Å². The number of hydrogen-bond donors (Lipinski definition) is 3. The lowest BCUT2D eigenvalue weighted by atomic mass is 10.1. The number of sulfonamides is 1. The van der Waals surface area contributed by atoms with Crippen molar-refractivity contribution in [1.82, 2.24) is 5.32 Å². The van der Waals surface area contributed by atoms with Crippen LogP contribution in [0.5, 0.6) is 5.75 Å². The van der Waals surface area contributed by atoms with E-state index >= 15 is 0 Å². The topological polar surface area (TPSA) is 135 Å². The van der Waals surface area contributed by atoms with Crippen molar-refractivity contribution in [2.45, 2.75) is 19.4 Å². The van der Waals surface area contributed by atoms with E-state index in [4.69, 9.17) is 20.6 Å². The summed E-state index contributed by atoms with van der Waals surface area (Å²) >= 11 is 0. The highest BCUT2D eigenvalue weighted by Crippen LogP contribution is 2.24. The molecule has 198 valence electrons. The monoisotopic (exact) mass is 558 g/mol. The van der Waals surface area contributed by atoms with Crippen LogP contribution >= 0.6 is 24.8 Å². The molecule has 1 aliphatic heterocycles. The molecule has 4 N–H and O–H groups in total. The predicted molar refractivity (Wildman–Crippen MR) is 147 cm³/mol. The van der Waals surface area contributed by atoms with Gasteiger partial charge in [-0.25, -0.2) is 8.42 Å². The van der Waals surface area contributed by atoms with Crippen molar-refractivity contribution in [1.29, 1.82) is 5.41 Å². The molecule has 0 amide bonds. The summed E-state index contributed by atoms with van der Waals surface area (Å²) < 4.78 is 38.1. The van der Waals surface area contributed by atoms with Crippen LogP contribution in [0.4, 0.5) is 5.69 Å². The van der Waals surface area contributed by atoms with Crippen LogP contribution in [-0.2, 0) is 19.6 Å². The van der Waals surface area contributed by atoms with Crippen molar-refractivity contribution >= 4 is 58.4 Å². The van der Waals surface area contributed by atoms with Crippen molar-refractivity contribution < 1.29 is 22.7 Å². The number of hydrogen-bond acceptors (Lipinski definition) is 7. The lowest BCUT2D eigenvalue weighted by molar-refractivity contribution is -0.139. The zero-order valence-electron chi connectivity index (χ0n) is 19.9. The molecular formula is C24H32Cl2N4O5S. The minimum absolute atomic E-state index is 0. The quantitative estimate of drug-likeness (QED) is 0.219. The Morgan fingerprint density at radius 1 is 1.22 bits per heavy atom. The van der Waals surface area contributed by atoms with Gasteiger partial charge in [0.2, 0.25) is 10.0 Å². The second-order valence-corrected chi connectivity index (χ2v) is 9.65. The molecule has 1 unspecified atom stereocenters. The number of nitrogens with one attached hydrogen (secondary N) is 2. The molecule has 0 radical (unpaired) electrons. The van der Waals surface area contributed by atoms with Gasteiger partial charge < -0.3 is 20.5 Å². The van der Waals surface area contributed by atoms with Gasteiger partial charge in [0.1, 0.15) is 17.7 Å². The zero-order valence-corrected chi connectivity index (χ0v) is 22.3. The first-order chi connectivity index (χ1) is 16.3. The summed E-state index contributed by atoms with van der Waals surface area (Å²) in [6.45, 7) is 3.40. The number of benzene rings is 2. The first-order valence-electron chi connectivity index (χ1n) is 11.0. The largest absolute Gasteiger partial charge is 0.489 e. The number of nitrogens with two attached hydrogens (primary N) is 1. The van der Waals surface area contributed by atoms with E-state index in [1.165, 1.54) is 0 Å². The van der Waals surface area contributed by atoms with Gasteiger partial charge in [0.05, 0.1) is 18.8 Å². The maximum Gasteiger partial charge on any atom is 0.323 e. The molecule has 0 aromatic heterocycles. The first-order valence-corrected chi connectivity index (χ1v) is 12.6. The van der Waals surface area contributed by atoms with Gasteiger partial charge in [-0.05, 0) is 55.8 Å². The SMILES string of the molecule is CCOC(=O)CS(=O)(=O)N(C/C=C/c1cccc(C(=N)N)c1)c1ccc(OC2CCNC2)cc1.Cl.Cl. The van der Waals surface area contributed by atoms with E-state index in [0.717, 1.165) is 29.4 Å².